The lowest BCUT2D eigenvalue weighted by Crippen LogP contribution is -2.50. The SMILES string of the molecule is CNCCNC(=O)c1cccc(C(=O)N(C)CCOC(=O)N(c2ccccc2-c2ccccc2)N2CC[CH]CC2)c1. The summed E-state index contributed by atoms with van der Waals surface area (Å²) in [5.74, 6) is -0.499. The van der Waals surface area contributed by atoms with Gasteiger partial charge in [0.15, 0.2) is 0 Å². The van der Waals surface area contributed by atoms with E-state index in [4.69, 9.17) is 4.74 Å². The Morgan fingerprint density at radius 1 is 0.878 bits per heavy atom. The first kappa shape index (κ1) is 29.8. The molecule has 2 N–H and O–H groups in total. The lowest BCUT2D eigenvalue weighted by molar-refractivity contribution is 0.0735. The van der Waals surface area contributed by atoms with Gasteiger partial charge in [0.1, 0.15) is 6.61 Å². The van der Waals surface area contributed by atoms with Crippen LogP contribution >= 0.6 is 0 Å². The van der Waals surface area contributed by atoms with Crippen LogP contribution in [0.15, 0.2) is 78.9 Å². The van der Waals surface area contributed by atoms with E-state index in [-0.39, 0.29) is 25.0 Å². The molecule has 215 valence electrons. The summed E-state index contributed by atoms with van der Waals surface area (Å²) in [6.45, 7) is 2.77. The van der Waals surface area contributed by atoms with Crippen molar-refractivity contribution in [3.05, 3.63) is 96.4 Å². The van der Waals surface area contributed by atoms with E-state index in [1.54, 1.807) is 36.3 Å². The van der Waals surface area contributed by atoms with Crippen molar-refractivity contribution in [2.45, 2.75) is 12.8 Å². The molecule has 3 aromatic rings. The molecule has 1 heterocycles. The van der Waals surface area contributed by atoms with Gasteiger partial charge in [0.05, 0.1) is 12.2 Å². The third-order valence-corrected chi connectivity index (χ3v) is 6.89. The number of ether oxygens (including phenoxy) is 1. The van der Waals surface area contributed by atoms with Crippen LogP contribution in [-0.2, 0) is 4.74 Å². The van der Waals surface area contributed by atoms with Crippen molar-refractivity contribution in [2.24, 2.45) is 0 Å². The van der Waals surface area contributed by atoms with Crippen molar-refractivity contribution >= 4 is 23.6 Å². The molecule has 0 unspecified atom stereocenters. The Morgan fingerprint density at radius 2 is 1.59 bits per heavy atom. The Balaban J connectivity index is 1.42. The van der Waals surface area contributed by atoms with Crippen molar-refractivity contribution in [1.29, 1.82) is 0 Å². The Bertz CT molecular complexity index is 1310. The quantitative estimate of drug-likeness (QED) is 0.344. The van der Waals surface area contributed by atoms with E-state index in [1.165, 1.54) is 4.90 Å². The first-order valence-electron chi connectivity index (χ1n) is 14.0. The molecular weight excluding hydrogens is 518 g/mol. The fourth-order valence-electron chi connectivity index (χ4n) is 4.67. The number of carbonyl (C=O) groups is 3. The maximum Gasteiger partial charge on any atom is 0.429 e. The monoisotopic (exact) mass is 556 g/mol. The average Bonchev–Trinajstić information content (AvgIpc) is 3.02. The second kappa shape index (κ2) is 15.0. The molecule has 1 radical (unpaired) electrons. The molecular formula is C32H38N5O4. The molecule has 1 aliphatic rings. The van der Waals surface area contributed by atoms with Crippen LogP contribution in [0.3, 0.4) is 0 Å². The molecule has 0 aliphatic carbocycles. The Labute approximate surface area is 242 Å². The van der Waals surface area contributed by atoms with Gasteiger partial charge in [-0.2, -0.15) is 0 Å². The summed E-state index contributed by atoms with van der Waals surface area (Å²) in [5, 5.41) is 9.44. The predicted molar refractivity (Wildman–Crippen MR) is 160 cm³/mol. The van der Waals surface area contributed by atoms with Crippen LogP contribution in [0.1, 0.15) is 33.6 Å². The normalized spacial score (nSPS) is 13.3. The maximum atomic E-state index is 13.6. The number of likely N-dealkylation sites (N-methyl/N-ethyl adjacent to an activating group) is 2. The van der Waals surface area contributed by atoms with Gasteiger partial charge in [0.25, 0.3) is 11.8 Å². The van der Waals surface area contributed by atoms with Crippen LogP contribution < -0.4 is 15.6 Å². The van der Waals surface area contributed by atoms with Crippen molar-refractivity contribution in [3.8, 4) is 11.1 Å². The number of rotatable bonds is 11. The molecule has 0 atom stereocenters. The molecule has 4 rings (SSSR count). The van der Waals surface area contributed by atoms with E-state index >= 15 is 0 Å². The molecule has 0 spiro atoms. The summed E-state index contributed by atoms with van der Waals surface area (Å²) in [6, 6.07) is 24.4. The Kier molecular flexibility index (Phi) is 10.9. The van der Waals surface area contributed by atoms with Crippen molar-refractivity contribution in [2.75, 3.05) is 58.4 Å². The van der Waals surface area contributed by atoms with E-state index in [9.17, 15) is 14.4 Å². The zero-order chi connectivity index (χ0) is 29.0. The molecule has 9 heteroatoms. The smallest absolute Gasteiger partial charge is 0.429 e. The minimum atomic E-state index is -0.489. The van der Waals surface area contributed by atoms with Crippen molar-refractivity contribution in [1.82, 2.24) is 20.5 Å². The molecule has 1 fully saturated rings. The number of amides is 3. The van der Waals surface area contributed by atoms with Gasteiger partial charge in [-0.3, -0.25) is 9.59 Å². The van der Waals surface area contributed by atoms with E-state index in [0.29, 0.717) is 37.3 Å². The van der Waals surface area contributed by atoms with E-state index in [1.807, 2.05) is 66.7 Å². The number of benzene rings is 3. The van der Waals surface area contributed by atoms with Gasteiger partial charge in [-0.05, 0) is 56.1 Å². The third-order valence-electron chi connectivity index (χ3n) is 6.89. The van der Waals surface area contributed by atoms with Gasteiger partial charge < -0.3 is 20.3 Å². The molecule has 0 aromatic heterocycles. The highest BCUT2D eigenvalue weighted by Crippen LogP contribution is 2.33. The van der Waals surface area contributed by atoms with Crippen molar-refractivity contribution < 1.29 is 19.1 Å². The number of hydrogen-bond acceptors (Lipinski definition) is 6. The number of nitrogens with one attached hydrogen (secondary N) is 2. The van der Waals surface area contributed by atoms with Gasteiger partial charge in [-0.1, -0.05) is 54.6 Å². The molecule has 1 aliphatic heterocycles. The van der Waals surface area contributed by atoms with Gasteiger partial charge in [0.2, 0.25) is 0 Å². The second-order valence-corrected chi connectivity index (χ2v) is 9.80. The summed E-state index contributed by atoms with van der Waals surface area (Å²) in [6.07, 6.45) is 3.49. The molecule has 3 amide bonds. The number of anilines is 1. The lowest BCUT2D eigenvalue weighted by atomic mass is 10.0. The topological polar surface area (TPSA) is 94.2 Å². The number of para-hydroxylation sites is 1. The molecule has 41 heavy (non-hydrogen) atoms. The minimum Gasteiger partial charge on any atom is -0.446 e. The summed E-state index contributed by atoms with van der Waals surface area (Å²) >= 11 is 0. The van der Waals surface area contributed by atoms with E-state index in [2.05, 4.69) is 17.1 Å². The molecule has 1 saturated heterocycles. The predicted octanol–water partition coefficient (Wildman–Crippen LogP) is 4.23. The first-order chi connectivity index (χ1) is 20.0. The molecule has 0 bridgehead atoms. The Hall–Kier alpha value is -4.21. The second-order valence-electron chi connectivity index (χ2n) is 9.80. The van der Waals surface area contributed by atoms with Crippen LogP contribution in [0, 0.1) is 6.42 Å². The lowest BCUT2D eigenvalue weighted by Gasteiger charge is -2.37. The highest BCUT2D eigenvalue weighted by atomic mass is 16.6. The largest absolute Gasteiger partial charge is 0.446 e. The van der Waals surface area contributed by atoms with Gasteiger partial charge in [0, 0.05) is 49.9 Å². The molecule has 3 aromatic carbocycles. The summed E-state index contributed by atoms with van der Waals surface area (Å²) < 4.78 is 5.75. The zero-order valence-corrected chi connectivity index (χ0v) is 23.7. The number of carbonyl (C=O) groups excluding carboxylic acids is 3. The van der Waals surface area contributed by atoms with E-state index in [0.717, 1.165) is 29.7 Å². The third kappa shape index (κ3) is 7.93. The zero-order valence-electron chi connectivity index (χ0n) is 23.7. The van der Waals surface area contributed by atoms with Crippen LogP contribution in [0.4, 0.5) is 10.5 Å². The summed E-state index contributed by atoms with van der Waals surface area (Å²) in [7, 11) is 3.46. The number of nitrogens with zero attached hydrogens (tertiary/aromatic N) is 3. The van der Waals surface area contributed by atoms with Crippen LogP contribution in [-0.4, -0.2) is 81.2 Å². The average molecular weight is 557 g/mol. The highest BCUT2D eigenvalue weighted by Gasteiger charge is 2.28. The van der Waals surface area contributed by atoms with Gasteiger partial charge in [-0.15, -0.1) is 0 Å². The van der Waals surface area contributed by atoms with Crippen molar-refractivity contribution in [3.63, 3.8) is 0 Å². The van der Waals surface area contributed by atoms with Gasteiger partial charge >= 0.3 is 6.09 Å². The van der Waals surface area contributed by atoms with Crippen LogP contribution in [0.5, 0.6) is 0 Å². The summed E-state index contributed by atoms with van der Waals surface area (Å²) in [4.78, 5) is 40.6. The standard InChI is InChI=1S/C32H38N5O4/c1-33-18-19-34-30(38)26-14-11-15-27(24-26)31(39)35(2)22-23-41-32(40)37(36-20-9-4-10-21-36)29-17-8-7-16-28(29)25-12-5-3-6-13-25/h3-8,11-17,24,33H,9-10,18-23H2,1-2H3,(H,34,38). The minimum absolute atomic E-state index is 0.0231. The number of piperidine rings is 1. The van der Waals surface area contributed by atoms with E-state index < -0.39 is 6.09 Å². The Morgan fingerprint density at radius 3 is 2.34 bits per heavy atom. The number of hydrazine groups is 1. The van der Waals surface area contributed by atoms with Gasteiger partial charge in [-0.25, -0.2) is 14.8 Å². The highest BCUT2D eigenvalue weighted by molar-refractivity contribution is 5.99. The maximum absolute atomic E-state index is 13.6. The summed E-state index contributed by atoms with van der Waals surface area (Å²) in [5.41, 5.74) is 3.50. The van der Waals surface area contributed by atoms with Crippen LogP contribution in [0.2, 0.25) is 0 Å². The molecule has 9 nitrogen and oxygen atoms in total. The first-order valence-corrected chi connectivity index (χ1v) is 14.0. The number of hydrogen-bond donors (Lipinski definition) is 2. The fourth-order valence-corrected chi connectivity index (χ4v) is 4.67. The molecule has 0 saturated carbocycles. The fraction of sp³-hybridized carbons (Fsp3) is 0.312. The van der Waals surface area contributed by atoms with Crippen LogP contribution in [0.25, 0.3) is 11.1 Å².